The highest BCUT2D eigenvalue weighted by atomic mass is 16.5. The number of fused-ring (bicyclic) bond motifs is 7. The topological polar surface area (TPSA) is 40.8 Å². The average Bonchev–Trinajstić information content (AvgIpc) is 3.98. The maximum Gasteiger partial charge on any atom is 0.269 e. The molecule has 0 bridgehead atoms. The first-order valence-electron chi connectivity index (χ1n) is 20.1. The summed E-state index contributed by atoms with van der Waals surface area (Å²) < 4.78 is 15.5. The Bertz CT molecular complexity index is 3540. The first kappa shape index (κ1) is 33.9. The van der Waals surface area contributed by atoms with Gasteiger partial charge in [0.1, 0.15) is 23.1 Å². The van der Waals surface area contributed by atoms with Crippen molar-refractivity contribution in [2.45, 2.75) is 0 Å². The summed E-state index contributed by atoms with van der Waals surface area (Å²) in [6, 6.07) is 73.9. The van der Waals surface area contributed by atoms with Crippen LogP contribution in [0.25, 0.3) is 88.8 Å². The van der Waals surface area contributed by atoms with E-state index in [1.807, 2.05) is 18.2 Å². The summed E-state index contributed by atoms with van der Waals surface area (Å²) in [5, 5.41) is 4.70. The zero-order valence-corrected chi connectivity index (χ0v) is 32.4. The van der Waals surface area contributed by atoms with Crippen molar-refractivity contribution in [1.29, 1.82) is 0 Å². The summed E-state index contributed by atoms with van der Waals surface area (Å²) in [6.45, 7) is 0. The zero-order chi connectivity index (χ0) is 39.6. The van der Waals surface area contributed by atoms with Gasteiger partial charge in [0.05, 0.1) is 44.5 Å². The fraction of sp³-hybridized carbons (Fsp3) is 0. The van der Waals surface area contributed by atoms with Crippen LogP contribution in [0.1, 0.15) is 0 Å². The van der Waals surface area contributed by atoms with Crippen molar-refractivity contribution in [3.8, 4) is 45.6 Å². The van der Waals surface area contributed by atoms with Crippen molar-refractivity contribution in [3.63, 3.8) is 0 Å². The minimum atomic E-state index is 0.725. The van der Waals surface area contributed by atoms with Crippen molar-refractivity contribution in [2.75, 3.05) is 0 Å². The zero-order valence-electron chi connectivity index (χ0n) is 32.4. The molecule has 0 N–H and O–H groups in total. The van der Waals surface area contributed by atoms with Gasteiger partial charge in [-0.2, -0.15) is 0 Å². The lowest BCUT2D eigenvalue weighted by molar-refractivity contribution is -0.571. The third-order valence-electron chi connectivity index (χ3n) is 11.5. The highest BCUT2D eigenvalue weighted by molar-refractivity contribution is 6.10. The highest BCUT2D eigenvalue weighted by Gasteiger charge is 2.19. The molecule has 282 valence electrons. The van der Waals surface area contributed by atoms with Crippen LogP contribution in [0, 0.1) is 6.33 Å². The van der Waals surface area contributed by atoms with Crippen LogP contribution in [0.4, 0.5) is 0 Å². The number of pyridine rings is 1. The molecular weight excluding hydrogens is 735 g/mol. The molecule has 4 heterocycles. The predicted molar refractivity (Wildman–Crippen MR) is 242 cm³/mol. The molecule has 4 aromatic heterocycles. The van der Waals surface area contributed by atoms with Crippen LogP contribution in [-0.4, -0.2) is 18.7 Å². The number of nitrogens with zero attached hydrogens (tertiary/aromatic N) is 5. The summed E-state index contributed by atoms with van der Waals surface area (Å²) in [6.07, 6.45) is 3.69. The van der Waals surface area contributed by atoms with Crippen LogP contribution < -0.4 is 9.30 Å². The molecule has 0 amide bonds. The van der Waals surface area contributed by atoms with Gasteiger partial charge < -0.3 is 4.74 Å². The van der Waals surface area contributed by atoms with E-state index in [-0.39, 0.29) is 0 Å². The number of hydrogen-bond acceptors (Lipinski definition) is 2. The Kier molecular flexibility index (Phi) is 7.74. The maximum absolute atomic E-state index is 6.72. The molecule has 60 heavy (non-hydrogen) atoms. The van der Waals surface area contributed by atoms with Crippen LogP contribution in [0.2, 0.25) is 0 Å². The van der Waals surface area contributed by atoms with E-state index in [0.29, 0.717) is 0 Å². The van der Waals surface area contributed by atoms with Gasteiger partial charge in [0.2, 0.25) is 0 Å². The molecule has 0 aliphatic carbocycles. The molecule has 6 nitrogen and oxygen atoms in total. The fourth-order valence-corrected chi connectivity index (χ4v) is 8.87. The quantitative estimate of drug-likeness (QED) is 0.120. The molecule has 12 rings (SSSR count). The Balaban J connectivity index is 0.948. The molecule has 0 saturated heterocycles. The Morgan fingerprint density at radius 1 is 0.417 bits per heavy atom. The first-order valence-corrected chi connectivity index (χ1v) is 20.1. The Morgan fingerprint density at radius 2 is 0.967 bits per heavy atom. The van der Waals surface area contributed by atoms with Gasteiger partial charge in [0.25, 0.3) is 6.33 Å². The normalized spacial score (nSPS) is 11.7. The molecule has 0 aliphatic rings. The lowest BCUT2D eigenvalue weighted by Crippen LogP contribution is -2.30. The van der Waals surface area contributed by atoms with Crippen molar-refractivity contribution < 1.29 is 9.30 Å². The average molecular weight is 770 g/mol. The van der Waals surface area contributed by atoms with Gasteiger partial charge in [-0.15, -0.1) is 0 Å². The predicted octanol–water partition coefficient (Wildman–Crippen LogP) is 12.8. The van der Waals surface area contributed by atoms with Crippen molar-refractivity contribution in [3.05, 3.63) is 219 Å². The van der Waals surface area contributed by atoms with Gasteiger partial charge in [-0.1, -0.05) is 140 Å². The van der Waals surface area contributed by atoms with Gasteiger partial charge in [0.15, 0.2) is 0 Å². The Morgan fingerprint density at radius 3 is 1.68 bits per heavy atom. The van der Waals surface area contributed by atoms with Gasteiger partial charge in [0, 0.05) is 27.6 Å². The second-order valence-electron chi connectivity index (χ2n) is 15.0. The molecule has 0 saturated carbocycles. The highest BCUT2D eigenvalue weighted by Crippen LogP contribution is 2.37. The number of aromatic nitrogens is 5. The summed E-state index contributed by atoms with van der Waals surface area (Å²) in [5.74, 6) is 3.15. The second kappa shape index (κ2) is 13.7. The van der Waals surface area contributed by atoms with E-state index in [4.69, 9.17) is 9.72 Å². The SMILES string of the molecule is [c-]1n(-c2cccc(Oc3ccc4c5ccccc5n(-c5cccc(-n6c7ccccc7c7ccccc76)n5)c4c3)c2)c2ccccc2[n+]1-c1ccccc1-c1ccccc1. The Labute approximate surface area is 345 Å². The minimum absolute atomic E-state index is 0.725. The number of ether oxygens (including phenoxy) is 1. The number of benzene rings is 8. The molecule has 12 aromatic rings. The van der Waals surface area contributed by atoms with E-state index in [1.54, 1.807) is 0 Å². The van der Waals surface area contributed by atoms with Gasteiger partial charge in [-0.25, -0.2) is 4.98 Å². The molecule has 0 atom stereocenters. The number of para-hydroxylation sites is 6. The van der Waals surface area contributed by atoms with E-state index in [0.717, 1.165) is 89.5 Å². The van der Waals surface area contributed by atoms with Crippen LogP contribution in [0.3, 0.4) is 0 Å². The smallest absolute Gasteiger partial charge is 0.269 e. The fourth-order valence-electron chi connectivity index (χ4n) is 8.87. The summed E-state index contributed by atoms with van der Waals surface area (Å²) >= 11 is 0. The standard InChI is InChI=1S/C54H35N5O/c1-2-16-37(17-3-1)41-20-4-8-24-46(41)57-36-56(50-28-12-13-29-51(50)57)38-18-14-19-39(34-38)60-40-32-33-45-44-23-7-11-27-49(44)59(52(45)35-40)54-31-15-30-53(55-54)58-47-25-9-5-21-42(47)43-22-6-10-26-48(43)58/h1-35H. The number of rotatable bonds is 7. The van der Waals surface area contributed by atoms with Gasteiger partial charge in [-0.3, -0.25) is 18.3 Å². The van der Waals surface area contributed by atoms with Crippen LogP contribution in [0.15, 0.2) is 212 Å². The van der Waals surface area contributed by atoms with Crippen molar-refractivity contribution in [1.82, 2.24) is 18.7 Å². The maximum atomic E-state index is 6.72. The molecule has 8 aromatic carbocycles. The first-order chi connectivity index (χ1) is 29.8. The lowest BCUT2D eigenvalue weighted by atomic mass is 10.0. The van der Waals surface area contributed by atoms with Crippen LogP contribution in [0.5, 0.6) is 11.5 Å². The molecule has 0 fully saturated rings. The molecular formula is C54H35N5O. The Hall–Kier alpha value is -8.22. The van der Waals surface area contributed by atoms with E-state index in [1.165, 1.54) is 10.8 Å². The summed E-state index contributed by atoms with van der Waals surface area (Å²) in [4.78, 5) is 5.37. The second-order valence-corrected chi connectivity index (χ2v) is 15.0. The number of imidazole rings is 1. The monoisotopic (exact) mass is 769 g/mol. The van der Waals surface area contributed by atoms with Crippen LogP contribution in [-0.2, 0) is 0 Å². The lowest BCUT2D eigenvalue weighted by Gasteiger charge is -2.12. The van der Waals surface area contributed by atoms with Crippen molar-refractivity contribution in [2.24, 2.45) is 0 Å². The molecule has 0 radical (unpaired) electrons. The van der Waals surface area contributed by atoms with E-state index in [2.05, 4.69) is 219 Å². The van der Waals surface area contributed by atoms with Crippen LogP contribution >= 0.6 is 0 Å². The molecule has 0 spiro atoms. The van der Waals surface area contributed by atoms with Crippen molar-refractivity contribution >= 4 is 54.6 Å². The van der Waals surface area contributed by atoms with Gasteiger partial charge in [-0.05, 0) is 77.9 Å². The van der Waals surface area contributed by atoms with E-state index < -0.39 is 0 Å². The number of hydrogen-bond donors (Lipinski definition) is 0. The molecule has 0 unspecified atom stereocenters. The molecule has 6 heteroatoms. The van der Waals surface area contributed by atoms with Gasteiger partial charge >= 0.3 is 0 Å². The summed E-state index contributed by atoms with van der Waals surface area (Å²) in [7, 11) is 0. The largest absolute Gasteiger partial charge is 0.458 e. The summed E-state index contributed by atoms with van der Waals surface area (Å²) in [5.41, 5.74) is 10.7. The van der Waals surface area contributed by atoms with E-state index >= 15 is 0 Å². The molecule has 0 aliphatic heterocycles. The minimum Gasteiger partial charge on any atom is -0.458 e. The third kappa shape index (κ3) is 5.42. The van der Waals surface area contributed by atoms with E-state index in [9.17, 15) is 0 Å². The third-order valence-corrected chi connectivity index (χ3v) is 11.5.